The maximum absolute atomic E-state index is 14.1. The van der Waals surface area contributed by atoms with Crippen molar-refractivity contribution in [1.29, 1.82) is 0 Å². The summed E-state index contributed by atoms with van der Waals surface area (Å²) >= 11 is 0. The van der Waals surface area contributed by atoms with Crippen LogP contribution in [0.1, 0.15) is 54.1 Å². The zero-order valence-corrected chi connectivity index (χ0v) is 28.2. The van der Waals surface area contributed by atoms with Gasteiger partial charge in [0.25, 0.3) is 5.91 Å². The number of carboxylic acid groups (broad SMARTS) is 1. The van der Waals surface area contributed by atoms with Crippen LogP contribution in [0.25, 0.3) is 10.9 Å². The quantitative estimate of drug-likeness (QED) is 0.212. The second-order valence-corrected chi connectivity index (χ2v) is 14.7. The molecule has 268 valence electrons. The smallest absolute Gasteiger partial charge is 0.404 e. The highest BCUT2D eigenvalue weighted by molar-refractivity contribution is 7.87. The summed E-state index contributed by atoms with van der Waals surface area (Å²) in [5, 5.41) is 14.8. The maximum Gasteiger partial charge on any atom is 0.404 e. The second kappa shape index (κ2) is 15.1. The first-order valence-corrected chi connectivity index (χ1v) is 18.2. The number of nitrogens with one attached hydrogen (secondary N) is 4. The van der Waals surface area contributed by atoms with Crippen LogP contribution in [-0.2, 0) is 24.5 Å². The number of halogens is 1. The van der Waals surface area contributed by atoms with Crippen molar-refractivity contribution in [3.05, 3.63) is 65.9 Å². The van der Waals surface area contributed by atoms with Gasteiger partial charge in [-0.05, 0) is 67.9 Å². The molecule has 14 nitrogen and oxygen atoms in total. The lowest BCUT2D eigenvalue weighted by molar-refractivity contribution is -0.141. The molecule has 0 unspecified atom stereocenters. The van der Waals surface area contributed by atoms with E-state index in [0.717, 1.165) is 9.87 Å². The first kappa shape index (κ1) is 35.3. The van der Waals surface area contributed by atoms with Crippen LogP contribution >= 0.6 is 0 Å². The van der Waals surface area contributed by atoms with Gasteiger partial charge < -0.3 is 30.4 Å². The molecule has 0 radical (unpaired) electrons. The Labute approximate surface area is 288 Å². The van der Waals surface area contributed by atoms with Gasteiger partial charge in [0.15, 0.2) is 0 Å². The number of nitrogens with zero attached hydrogens (tertiary/aromatic N) is 2. The minimum atomic E-state index is -4.06. The Balaban J connectivity index is 1.16. The molecule has 0 bridgehead atoms. The minimum Gasteiger partial charge on any atom is -0.465 e. The van der Waals surface area contributed by atoms with Crippen LogP contribution < -0.4 is 15.4 Å². The van der Waals surface area contributed by atoms with Crippen LogP contribution in [0.15, 0.2) is 54.6 Å². The monoisotopic (exact) mass is 712 g/mol. The number of carbonyl (C=O) groups excluding carboxylic acids is 3. The van der Waals surface area contributed by atoms with E-state index >= 15 is 0 Å². The van der Waals surface area contributed by atoms with E-state index in [0.29, 0.717) is 55.2 Å². The Morgan fingerprint density at radius 3 is 2.36 bits per heavy atom. The first-order valence-electron chi connectivity index (χ1n) is 16.8. The lowest BCUT2D eigenvalue weighted by Gasteiger charge is -2.35. The summed E-state index contributed by atoms with van der Waals surface area (Å²) in [6.45, 7) is 0.330. The minimum absolute atomic E-state index is 0.0308. The molecular weight excluding hydrogens is 671 g/mol. The summed E-state index contributed by atoms with van der Waals surface area (Å²) in [6.07, 6.45) is 1.23. The molecule has 3 heterocycles. The number of anilines is 1. The molecule has 5 N–H and O–H groups in total. The predicted octanol–water partition coefficient (Wildman–Crippen LogP) is 3.21. The van der Waals surface area contributed by atoms with E-state index in [4.69, 9.17) is 9.84 Å². The number of benzene rings is 2. The zero-order valence-electron chi connectivity index (χ0n) is 27.3. The molecule has 1 aromatic heterocycles. The highest BCUT2D eigenvalue weighted by Crippen LogP contribution is 2.38. The Kier molecular flexibility index (Phi) is 10.7. The van der Waals surface area contributed by atoms with Crippen molar-refractivity contribution in [2.24, 2.45) is 11.8 Å². The third-order valence-electron chi connectivity index (χ3n) is 10.0. The standard InChI is InChI=1S/C34H41FN6O8S/c35-20-29(38-34(45)46)22-6-8-23(9-7-22)33(44)41-13-12-26(21-4-2-1-3-5-21)30(41)32(43)36-25-10-11-27-24(18-25)19-28(37-27)31(42)39-50(47,48)40-14-16-49-17-15-40/h1-5,10-11,18-19,22-23,26,29-30,37-38H,6-9,12-17,20H2,(H,36,43)(H,39,42)(H,45,46)/t22?,23?,26-,29-,30+/m1/s1. The van der Waals surface area contributed by atoms with E-state index in [-0.39, 0.29) is 61.6 Å². The molecule has 2 saturated heterocycles. The second-order valence-electron chi connectivity index (χ2n) is 13.0. The number of hydrogen-bond acceptors (Lipinski definition) is 7. The van der Waals surface area contributed by atoms with Crippen molar-refractivity contribution in [1.82, 2.24) is 24.2 Å². The number of fused-ring (bicyclic) bond motifs is 1. The summed E-state index contributed by atoms with van der Waals surface area (Å²) in [5.74, 6) is -2.17. The molecule has 3 fully saturated rings. The van der Waals surface area contributed by atoms with Crippen LogP contribution in [0, 0.1) is 11.8 Å². The maximum atomic E-state index is 14.1. The molecule has 1 aliphatic carbocycles. The SMILES string of the molecule is O=C(O)N[C@H](CF)C1CCC(C(=O)N2CC[C@H](c3ccccc3)[C@H]2C(=O)Nc2ccc3[nH]c(C(=O)NS(=O)(=O)N4CCOCC4)cc3c2)CC1. The van der Waals surface area contributed by atoms with Crippen molar-refractivity contribution < 1.29 is 41.8 Å². The van der Waals surface area contributed by atoms with Crippen molar-refractivity contribution in [2.75, 3.05) is 44.8 Å². The number of alkyl halides is 1. The van der Waals surface area contributed by atoms with Gasteiger partial charge in [0.2, 0.25) is 11.8 Å². The largest absolute Gasteiger partial charge is 0.465 e. The van der Waals surface area contributed by atoms with Crippen molar-refractivity contribution in [2.45, 2.75) is 50.1 Å². The van der Waals surface area contributed by atoms with Gasteiger partial charge in [-0.1, -0.05) is 30.3 Å². The van der Waals surface area contributed by atoms with E-state index in [1.807, 2.05) is 30.3 Å². The average molecular weight is 713 g/mol. The molecule has 2 aromatic carbocycles. The van der Waals surface area contributed by atoms with Gasteiger partial charge in [-0.2, -0.15) is 12.7 Å². The summed E-state index contributed by atoms with van der Waals surface area (Å²) in [6, 6.07) is 14.4. The van der Waals surface area contributed by atoms with Gasteiger partial charge in [-0.15, -0.1) is 0 Å². The molecule has 0 spiro atoms. The number of H-pyrrole nitrogens is 1. The average Bonchev–Trinajstić information content (AvgIpc) is 3.76. The van der Waals surface area contributed by atoms with Crippen LogP contribution in [0.4, 0.5) is 14.9 Å². The number of aromatic nitrogens is 1. The fourth-order valence-corrected chi connectivity index (χ4v) is 8.53. The molecule has 6 rings (SSSR count). The van der Waals surface area contributed by atoms with Crippen LogP contribution in [0.2, 0.25) is 0 Å². The Bertz CT molecular complexity index is 1830. The fraction of sp³-hybridized carbons (Fsp3) is 0.471. The molecular formula is C34H41FN6O8S. The lowest BCUT2D eigenvalue weighted by atomic mass is 9.78. The number of hydrogen-bond donors (Lipinski definition) is 5. The van der Waals surface area contributed by atoms with E-state index in [1.54, 1.807) is 23.1 Å². The summed E-state index contributed by atoms with van der Waals surface area (Å²) in [7, 11) is -4.06. The van der Waals surface area contributed by atoms with E-state index in [2.05, 4.69) is 20.3 Å². The van der Waals surface area contributed by atoms with Crippen LogP contribution in [0.3, 0.4) is 0 Å². The topological polar surface area (TPSA) is 190 Å². The Hall–Kier alpha value is -4.54. The third kappa shape index (κ3) is 7.76. The molecule has 3 aliphatic rings. The number of amides is 4. The van der Waals surface area contributed by atoms with Gasteiger partial charge in [0.1, 0.15) is 18.4 Å². The van der Waals surface area contributed by atoms with Gasteiger partial charge in [-0.25, -0.2) is 13.9 Å². The fourth-order valence-electron chi connectivity index (χ4n) is 7.43. The molecule has 4 amide bonds. The highest BCUT2D eigenvalue weighted by Gasteiger charge is 2.45. The highest BCUT2D eigenvalue weighted by atomic mass is 32.2. The summed E-state index contributed by atoms with van der Waals surface area (Å²) in [4.78, 5) is 56.6. The normalized spacial score (nSPS) is 23.7. The molecule has 50 heavy (non-hydrogen) atoms. The van der Waals surface area contributed by atoms with Crippen LogP contribution in [-0.4, -0.2) is 103 Å². The van der Waals surface area contributed by atoms with Crippen LogP contribution in [0.5, 0.6) is 0 Å². The first-order chi connectivity index (χ1) is 24.0. The Morgan fingerprint density at radius 2 is 1.68 bits per heavy atom. The summed E-state index contributed by atoms with van der Waals surface area (Å²) < 4.78 is 47.4. The lowest BCUT2D eigenvalue weighted by Crippen LogP contribution is -2.49. The van der Waals surface area contributed by atoms with Gasteiger partial charge in [0, 0.05) is 48.1 Å². The van der Waals surface area contributed by atoms with E-state index in [9.17, 15) is 32.0 Å². The molecule has 16 heteroatoms. The predicted molar refractivity (Wildman–Crippen MR) is 181 cm³/mol. The third-order valence-corrected chi connectivity index (χ3v) is 11.5. The molecule has 1 saturated carbocycles. The van der Waals surface area contributed by atoms with Crippen molar-refractivity contribution in [3.63, 3.8) is 0 Å². The van der Waals surface area contributed by atoms with Crippen molar-refractivity contribution in [3.8, 4) is 0 Å². The number of aromatic amines is 1. The van der Waals surface area contributed by atoms with Crippen molar-refractivity contribution >= 4 is 50.6 Å². The zero-order chi connectivity index (χ0) is 35.4. The number of rotatable bonds is 10. The van der Waals surface area contributed by atoms with E-state index < -0.39 is 41.0 Å². The number of ether oxygens (including phenoxy) is 1. The number of likely N-dealkylation sites (tertiary alicyclic amines) is 1. The Morgan fingerprint density at radius 1 is 0.960 bits per heavy atom. The summed E-state index contributed by atoms with van der Waals surface area (Å²) in [5.41, 5.74) is 1.95. The van der Waals surface area contributed by atoms with Gasteiger partial charge in [0.05, 0.1) is 19.3 Å². The van der Waals surface area contributed by atoms with Gasteiger partial charge in [-0.3, -0.25) is 14.4 Å². The van der Waals surface area contributed by atoms with Gasteiger partial charge >= 0.3 is 16.3 Å². The molecule has 3 aromatic rings. The van der Waals surface area contributed by atoms with E-state index in [1.165, 1.54) is 6.07 Å². The molecule has 3 atom stereocenters. The number of carbonyl (C=O) groups is 4. The number of morpholine rings is 1. The molecule has 2 aliphatic heterocycles.